The van der Waals surface area contributed by atoms with Crippen LogP contribution < -0.4 is 0 Å². The number of ether oxygens (including phenoxy) is 1. The Morgan fingerprint density at radius 3 is 2.68 bits per heavy atom. The Labute approximate surface area is 128 Å². The summed E-state index contributed by atoms with van der Waals surface area (Å²) in [5, 5.41) is 0. The molecule has 2 heterocycles. The maximum absolute atomic E-state index is 12.3. The van der Waals surface area contributed by atoms with Crippen LogP contribution >= 0.6 is 0 Å². The summed E-state index contributed by atoms with van der Waals surface area (Å²) in [6.45, 7) is 0. The molecule has 2 aromatic rings. The van der Waals surface area contributed by atoms with E-state index in [2.05, 4.69) is 4.98 Å². The molecular formula is C17H16N2O3. The SMILES string of the molecule is CN1C(=O)C(OC(=O)c2ccccc2)CC1c1cccnc1. The number of likely N-dealkylation sites (N-methyl/N-ethyl adjacent to an activating group) is 1. The molecule has 0 aliphatic carbocycles. The van der Waals surface area contributed by atoms with E-state index in [-0.39, 0.29) is 11.9 Å². The van der Waals surface area contributed by atoms with E-state index in [0.29, 0.717) is 12.0 Å². The molecule has 0 N–H and O–H groups in total. The number of likely N-dealkylation sites (tertiary alicyclic amines) is 1. The van der Waals surface area contributed by atoms with Crippen LogP contribution in [0.15, 0.2) is 54.9 Å². The maximum atomic E-state index is 12.3. The third kappa shape index (κ3) is 2.70. The lowest BCUT2D eigenvalue weighted by Gasteiger charge is -2.18. The van der Waals surface area contributed by atoms with Crippen LogP contribution in [0.5, 0.6) is 0 Å². The molecule has 0 bridgehead atoms. The van der Waals surface area contributed by atoms with Crippen molar-refractivity contribution in [2.75, 3.05) is 7.05 Å². The minimum atomic E-state index is -0.747. The smallest absolute Gasteiger partial charge is 0.338 e. The molecule has 0 saturated carbocycles. The summed E-state index contributed by atoms with van der Waals surface area (Å²) in [5.41, 5.74) is 1.39. The fourth-order valence-corrected chi connectivity index (χ4v) is 2.65. The van der Waals surface area contributed by atoms with Crippen molar-refractivity contribution in [3.63, 3.8) is 0 Å². The average Bonchev–Trinajstić information content (AvgIpc) is 2.85. The van der Waals surface area contributed by atoms with Gasteiger partial charge in [-0.1, -0.05) is 24.3 Å². The molecule has 1 saturated heterocycles. The highest BCUT2D eigenvalue weighted by atomic mass is 16.5. The zero-order valence-corrected chi connectivity index (χ0v) is 12.2. The number of pyridine rings is 1. The first-order chi connectivity index (χ1) is 10.7. The number of carbonyl (C=O) groups excluding carboxylic acids is 2. The second-order valence-electron chi connectivity index (χ2n) is 5.25. The molecule has 5 nitrogen and oxygen atoms in total. The summed E-state index contributed by atoms with van der Waals surface area (Å²) in [5.74, 6) is -0.655. The minimum Gasteiger partial charge on any atom is -0.449 e. The lowest BCUT2D eigenvalue weighted by molar-refractivity contribution is -0.134. The predicted molar refractivity (Wildman–Crippen MR) is 80.0 cm³/mol. The number of nitrogens with zero attached hydrogens (tertiary/aromatic N) is 2. The van der Waals surface area contributed by atoms with Crippen LogP contribution in [0.2, 0.25) is 0 Å². The zero-order chi connectivity index (χ0) is 15.5. The number of rotatable bonds is 3. The molecule has 1 aromatic carbocycles. The molecular weight excluding hydrogens is 280 g/mol. The van der Waals surface area contributed by atoms with E-state index in [9.17, 15) is 9.59 Å². The van der Waals surface area contributed by atoms with E-state index in [4.69, 9.17) is 4.74 Å². The number of carbonyl (C=O) groups is 2. The molecule has 1 aromatic heterocycles. The van der Waals surface area contributed by atoms with Crippen molar-refractivity contribution in [3.05, 3.63) is 66.0 Å². The highest BCUT2D eigenvalue weighted by molar-refractivity contribution is 5.93. The largest absolute Gasteiger partial charge is 0.449 e. The van der Waals surface area contributed by atoms with E-state index >= 15 is 0 Å². The molecule has 0 spiro atoms. The molecule has 5 heteroatoms. The van der Waals surface area contributed by atoms with Gasteiger partial charge in [0.15, 0.2) is 6.10 Å². The van der Waals surface area contributed by atoms with Gasteiger partial charge in [0.05, 0.1) is 11.6 Å². The number of amides is 1. The van der Waals surface area contributed by atoms with E-state index in [0.717, 1.165) is 5.56 Å². The van der Waals surface area contributed by atoms with Crippen LogP contribution in [0.4, 0.5) is 0 Å². The van der Waals surface area contributed by atoms with Gasteiger partial charge in [-0.2, -0.15) is 0 Å². The van der Waals surface area contributed by atoms with Crippen molar-refractivity contribution in [1.29, 1.82) is 0 Å². The van der Waals surface area contributed by atoms with Crippen LogP contribution in [0, 0.1) is 0 Å². The van der Waals surface area contributed by atoms with E-state index in [1.54, 1.807) is 48.6 Å². The quantitative estimate of drug-likeness (QED) is 0.815. The fourth-order valence-electron chi connectivity index (χ4n) is 2.65. The number of hydrogen-bond acceptors (Lipinski definition) is 4. The van der Waals surface area contributed by atoms with Gasteiger partial charge in [-0.25, -0.2) is 4.79 Å². The van der Waals surface area contributed by atoms with Gasteiger partial charge in [-0.3, -0.25) is 9.78 Å². The highest BCUT2D eigenvalue weighted by Gasteiger charge is 2.40. The van der Waals surface area contributed by atoms with Gasteiger partial charge >= 0.3 is 5.97 Å². The Bertz CT molecular complexity index is 673. The lowest BCUT2D eigenvalue weighted by atomic mass is 10.1. The molecule has 22 heavy (non-hydrogen) atoms. The van der Waals surface area contributed by atoms with Gasteiger partial charge < -0.3 is 9.64 Å². The van der Waals surface area contributed by atoms with Crippen LogP contribution in [0.25, 0.3) is 0 Å². The van der Waals surface area contributed by atoms with Gasteiger partial charge in [0.2, 0.25) is 0 Å². The molecule has 112 valence electrons. The van der Waals surface area contributed by atoms with Gasteiger partial charge in [-0.15, -0.1) is 0 Å². The number of esters is 1. The number of hydrogen-bond donors (Lipinski definition) is 0. The third-order valence-electron chi connectivity index (χ3n) is 3.86. The van der Waals surface area contributed by atoms with Gasteiger partial charge in [0.1, 0.15) is 0 Å². The Morgan fingerprint density at radius 1 is 1.23 bits per heavy atom. The monoisotopic (exact) mass is 296 g/mol. The van der Waals surface area contributed by atoms with Crippen molar-refractivity contribution in [3.8, 4) is 0 Å². The maximum Gasteiger partial charge on any atom is 0.338 e. The molecule has 1 amide bonds. The Hall–Kier alpha value is -2.69. The number of benzene rings is 1. The summed E-state index contributed by atoms with van der Waals surface area (Å²) in [6.07, 6.45) is 3.12. The van der Waals surface area contributed by atoms with Crippen LogP contribution in [0.1, 0.15) is 28.4 Å². The second-order valence-corrected chi connectivity index (χ2v) is 5.25. The first-order valence-corrected chi connectivity index (χ1v) is 7.09. The first kappa shape index (κ1) is 14.3. The summed E-state index contributed by atoms with van der Waals surface area (Å²) in [7, 11) is 1.72. The van der Waals surface area contributed by atoms with Crippen molar-refractivity contribution in [1.82, 2.24) is 9.88 Å². The van der Waals surface area contributed by atoms with Crippen molar-refractivity contribution < 1.29 is 14.3 Å². The number of aromatic nitrogens is 1. The lowest BCUT2D eigenvalue weighted by Crippen LogP contribution is -2.30. The van der Waals surface area contributed by atoms with E-state index in [1.165, 1.54) is 0 Å². The predicted octanol–water partition coefficient (Wildman–Crippen LogP) is 2.21. The van der Waals surface area contributed by atoms with E-state index in [1.807, 2.05) is 18.2 Å². The van der Waals surface area contributed by atoms with Gasteiger partial charge in [0.25, 0.3) is 5.91 Å². The summed E-state index contributed by atoms with van der Waals surface area (Å²) in [4.78, 5) is 30.1. The van der Waals surface area contributed by atoms with Gasteiger partial charge in [0, 0.05) is 25.9 Å². The van der Waals surface area contributed by atoms with Crippen LogP contribution in [0.3, 0.4) is 0 Å². The Balaban J connectivity index is 1.73. The Morgan fingerprint density at radius 2 is 2.00 bits per heavy atom. The van der Waals surface area contributed by atoms with Crippen molar-refractivity contribution in [2.24, 2.45) is 0 Å². The summed E-state index contributed by atoms with van der Waals surface area (Å²) in [6, 6.07) is 12.3. The molecule has 3 rings (SSSR count). The minimum absolute atomic E-state index is 0.116. The Kier molecular flexibility index (Phi) is 3.87. The molecule has 1 fully saturated rings. The molecule has 2 unspecified atom stereocenters. The average molecular weight is 296 g/mol. The topological polar surface area (TPSA) is 59.5 Å². The van der Waals surface area contributed by atoms with Gasteiger partial charge in [-0.05, 0) is 23.8 Å². The van der Waals surface area contributed by atoms with Crippen molar-refractivity contribution >= 4 is 11.9 Å². The second kappa shape index (κ2) is 5.97. The fraction of sp³-hybridized carbons (Fsp3) is 0.235. The normalized spacial score (nSPS) is 21.0. The summed E-state index contributed by atoms with van der Waals surface area (Å²) >= 11 is 0. The van der Waals surface area contributed by atoms with E-state index < -0.39 is 12.1 Å². The van der Waals surface area contributed by atoms with Crippen LogP contribution in [-0.4, -0.2) is 34.9 Å². The molecule has 1 aliphatic rings. The highest BCUT2D eigenvalue weighted by Crippen LogP contribution is 2.32. The molecule has 1 aliphatic heterocycles. The molecule has 2 atom stereocenters. The summed E-state index contributed by atoms with van der Waals surface area (Å²) < 4.78 is 5.38. The third-order valence-corrected chi connectivity index (χ3v) is 3.86. The molecule has 0 radical (unpaired) electrons. The first-order valence-electron chi connectivity index (χ1n) is 7.09. The van der Waals surface area contributed by atoms with Crippen LogP contribution in [-0.2, 0) is 9.53 Å². The standard InChI is InChI=1S/C17H16N2O3/c1-19-14(13-8-5-9-18-11-13)10-15(16(19)20)22-17(21)12-6-3-2-4-7-12/h2-9,11,14-15H,10H2,1H3. The van der Waals surface area contributed by atoms with Crippen molar-refractivity contribution in [2.45, 2.75) is 18.6 Å². The zero-order valence-electron chi connectivity index (χ0n) is 12.2.